The Labute approximate surface area is 153 Å². The number of aliphatic hydroxyl groups excluding tert-OH is 1. The standard InChI is InChI=1S/C19H23NO5S/c21-12-13-2-1-3-17(10-13)26(24,25)20-15-6-4-14(5-7-15)18-9-8-16(22)11-19(18)23/h1-3,8-11,14-15,20-23H,4-7,12H2. The van der Waals surface area contributed by atoms with Crippen molar-refractivity contribution in [1.29, 1.82) is 0 Å². The second-order valence-electron chi connectivity index (χ2n) is 6.72. The van der Waals surface area contributed by atoms with Gasteiger partial charge in [0.25, 0.3) is 0 Å². The summed E-state index contributed by atoms with van der Waals surface area (Å²) < 4.78 is 27.8. The second kappa shape index (κ2) is 7.65. The van der Waals surface area contributed by atoms with Gasteiger partial charge >= 0.3 is 0 Å². The molecule has 0 spiro atoms. The number of hydrogen-bond donors (Lipinski definition) is 4. The Hall–Kier alpha value is -2.09. The Kier molecular flexibility index (Phi) is 5.50. The SMILES string of the molecule is O=S(=O)(NC1CCC(c2ccc(O)cc2O)CC1)c1cccc(CO)c1. The first-order chi connectivity index (χ1) is 12.4. The molecule has 0 atom stereocenters. The fourth-order valence-electron chi connectivity index (χ4n) is 3.50. The Bertz CT molecular complexity index is 873. The van der Waals surface area contributed by atoms with E-state index in [9.17, 15) is 23.7 Å². The monoisotopic (exact) mass is 377 g/mol. The van der Waals surface area contributed by atoms with Gasteiger partial charge in [0, 0.05) is 12.1 Å². The Balaban J connectivity index is 1.64. The van der Waals surface area contributed by atoms with E-state index in [1.54, 1.807) is 24.3 Å². The number of hydrogen-bond acceptors (Lipinski definition) is 5. The van der Waals surface area contributed by atoms with E-state index in [1.807, 2.05) is 0 Å². The molecule has 2 aromatic rings. The van der Waals surface area contributed by atoms with Crippen molar-refractivity contribution in [1.82, 2.24) is 4.72 Å². The van der Waals surface area contributed by atoms with Crippen LogP contribution in [0.2, 0.25) is 0 Å². The molecule has 0 saturated heterocycles. The lowest BCUT2D eigenvalue weighted by Gasteiger charge is -2.29. The zero-order chi connectivity index (χ0) is 18.7. The third-order valence-corrected chi connectivity index (χ3v) is 6.41. The fourth-order valence-corrected chi connectivity index (χ4v) is 4.87. The van der Waals surface area contributed by atoms with Crippen LogP contribution in [0.4, 0.5) is 0 Å². The van der Waals surface area contributed by atoms with Crippen LogP contribution in [-0.4, -0.2) is 29.8 Å². The summed E-state index contributed by atoms with van der Waals surface area (Å²) in [5, 5.41) is 28.6. The van der Waals surface area contributed by atoms with Gasteiger partial charge in [-0.1, -0.05) is 18.2 Å². The van der Waals surface area contributed by atoms with E-state index < -0.39 is 10.0 Å². The third kappa shape index (κ3) is 4.17. The number of aromatic hydroxyl groups is 2. The molecule has 140 valence electrons. The predicted octanol–water partition coefficient (Wildman–Crippen LogP) is 2.59. The van der Waals surface area contributed by atoms with E-state index in [4.69, 9.17) is 0 Å². The molecule has 1 aliphatic rings. The maximum absolute atomic E-state index is 12.6. The molecule has 0 bridgehead atoms. The average Bonchev–Trinajstić information content (AvgIpc) is 2.62. The minimum atomic E-state index is -3.63. The lowest BCUT2D eigenvalue weighted by Crippen LogP contribution is -2.37. The summed E-state index contributed by atoms with van der Waals surface area (Å²) in [6.07, 6.45) is 2.85. The lowest BCUT2D eigenvalue weighted by atomic mass is 9.81. The van der Waals surface area contributed by atoms with Gasteiger partial charge in [-0.05, 0) is 60.9 Å². The highest BCUT2D eigenvalue weighted by Gasteiger charge is 2.27. The zero-order valence-electron chi connectivity index (χ0n) is 14.3. The average molecular weight is 377 g/mol. The van der Waals surface area contributed by atoms with Crippen molar-refractivity contribution in [2.45, 2.75) is 49.1 Å². The van der Waals surface area contributed by atoms with Crippen LogP contribution in [0.25, 0.3) is 0 Å². The number of rotatable bonds is 5. The smallest absolute Gasteiger partial charge is 0.240 e. The molecule has 1 aliphatic carbocycles. The summed E-state index contributed by atoms with van der Waals surface area (Å²) in [6, 6.07) is 10.7. The molecule has 0 unspecified atom stereocenters. The Morgan fingerprint density at radius 3 is 2.38 bits per heavy atom. The summed E-state index contributed by atoms with van der Waals surface area (Å²) in [5.74, 6) is 0.252. The highest BCUT2D eigenvalue weighted by atomic mass is 32.2. The fraction of sp³-hybridized carbons (Fsp3) is 0.368. The first-order valence-electron chi connectivity index (χ1n) is 8.63. The predicted molar refractivity (Wildman–Crippen MR) is 97.5 cm³/mol. The van der Waals surface area contributed by atoms with Crippen molar-refractivity contribution in [2.24, 2.45) is 0 Å². The van der Waals surface area contributed by atoms with Crippen molar-refractivity contribution < 1.29 is 23.7 Å². The second-order valence-corrected chi connectivity index (χ2v) is 8.43. The molecular weight excluding hydrogens is 354 g/mol. The molecule has 2 aromatic carbocycles. The summed E-state index contributed by atoms with van der Waals surface area (Å²) >= 11 is 0. The minimum absolute atomic E-state index is 0.0257. The number of aliphatic hydroxyl groups is 1. The van der Waals surface area contributed by atoms with Crippen LogP contribution in [0.5, 0.6) is 11.5 Å². The molecule has 7 heteroatoms. The van der Waals surface area contributed by atoms with Crippen LogP contribution in [0.1, 0.15) is 42.7 Å². The molecule has 0 aliphatic heterocycles. The van der Waals surface area contributed by atoms with Crippen LogP contribution in [0.3, 0.4) is 0 Å². The largest absolute Gasteiger partial charge is 0.508 e. The summed E-state index contributed by atoms with van der Waals surface area (Å²) in [5.41, 5.74) is 1.35. The van der Waals surface area contributed by atoms with Crippen LogP contribution in [0, 0.1) is 0 Å². The molecule has 1 saturated carbocycles. The number of sulfonamides is 1. The van der Waals surface area contributed by atoms with Gasteiger partial charge in [-0.3, -0.25) is 0 Å². The van der Waals surface area contributed by atoms with Gasteiger partial charge in [0.15, 0.2) is 0 Å². The number of phenolic OH excluding ortho intramolecular Hbond substituents is 2. The first-order valence-corrected chi connectivity index (χ1v) is 10.1. The molecule has 0 radical (unpaired) electrons. The highest BCUT2D eigenvalue weighted by Crippen LogP contribution is 2.38. The molecule has 3 rings (SSSR count). The number of nitrogens with one attached hydrogen (secondary N) is 1. The van der Waals surface area contributed by atoms with Gasteiger partial charge in [0.1, 0.15) is 11.5 Å². The van der Waals surface area contributed by atoms with Crippen LogP contribution >= 0.6 is 0 Å². The third-order valence-electron chi connectivity index (χ3n) is 4.89. The van der Waals surface area contributed by atoms with Crippen molar-refractivity contribution >= 4 is 10.0 Å². The van der Waals surface area contributed by atoms with E-state index in [2.05, 4.69) is 4.72 Å². The minimum Gasteiger partial charge on any atom is -0.508 e. The zero-order valence-corrected chi connectivity index (χ0v) is 15.1. The highest BCUT2D eigenvalue weighted by molar-refractivity contribution is 7.89. The van der Waals surface area contributed by atoms with Gasteiger partial charge in [-0.2, -0.15) is 0 Å². The van der Waals surface area contributed by atoms with E-state index in [-0.39, 0.29) is 35.0 Å². The Morgan fingerprint density at radius 2 is 1.73 bits per heavy atom. The summed E-state index contributed by atoms with van der Waals surface area (Å²) in [4.78, 5) is 0.155. The molecule has 6 nitrogen and oxygen atoms in total. The van der Waals surface area contributed by atoms with Gasteiger partial charge < -0.3 is 15.3 Å². The normalized spacial score (nSPS) is 20.8. The molecule has 0 heterocycles. The first kappa shape index (κ1) is 18.7. The maximum atomic E-state index is 12.6. The Morgan fingerprint density at radius 1 is 1.00 bits per heavy atom. The molecule has 26 heavy (non-hydrogen) atoms. The van der Waals surface area contributed by atoms with E-state index in [0.717, 1.165) is 18.4 Å². The quantitative estimate of drug-likeness (QED) is 0.641. The van der Waals surface area contributed by atoms with Crippen molar-refractivity contribution in [2.75, 3.05) is 0 Å². The van der Waals surface area contributed by atoms with Crippen LogP contribution in [0.15, 0.2) is 47.4 Å². The van der Waals surface area contributed by atoms with Crippen LogP contribution in [-0.2, 0) is 16.6 Å². The van der Waals surface area contributed by atoms with Crippen molar-refractivity contribution in [3.63, 3.8) is 0 Å². The van der Waals surface area contributed by atoms with E-state index >= 15 is 0 Å². The van der Waals surface area contributed by atoms with Crippen molar-refractivity contribution in [3.05, 3.63) is 53.6 Å². The van der Waals surface area contributed by atoms with Gasteiger partial charge in [-0.15, -0.1) is 0 Å². The maximum Gasteiger partial charge on any atom is 0.240 e. The van der Waals surface area contributed by atoms with Gasteiger partial charge in [0.05, 0.1) is 11.5 Å². The van der Waals surface area contributed by atoms with Crippen LogP contribution < -0.4 is 4.72 Å². The van der Waals surface area contributed by atoms with E-state index in [0.29, 0.717) is 18.4 Å². The molecule has 1 fully saturated rings. The topological polar surface area (TPSA) is 107 Å². The molecule has 0 amide bonds. The number of phenols is 2. The molecular formula is C19H23NO5S. The molecule has 4 N–H and O–H groups in total. The lowest BCUT2D eigenvalue weighted by molar-refractivity contribution is 0.281. The van der Waals surface area contributed by atoms with E-state index in [1.165, 1.54) is 18.2 Å². The summed E-state index contributed by atoms with van der Waals surface area (Å²) in [7, 11) is -3.63. The van der Waals surface area contributed by atoms with Crippen molar-refractivity contribution in [3.8, 4) is 11.5 Å². The van der Waals surface area contributed by atoms with Gasteiger partial charge in [0.2, 0.25) is 10.0 Å². The molecule has 0 aromatic heterocycles. The van der Waals surface area contributed by atoms with Gasteiger partial charge in [-0.25, -0.2) is 13.1 Å². The number of benzene rings is 2. The summed E-state index contributed by atoms with van der Waals surface area (Å²) in [6.45, 7) is -0.204.